The van der Waals surface area contributed by atoms with Crippen LogP contribution in [0.1, 0.15) is 69.3 Å². The lowest BCUT2D eigenvalue weighted by Crippen LogP contribution is -2.42. The Labute approximate surface area is 265 Å². The molecule has 44 heavy (non-hydrogen) atoms. The van der Waals surface area contributed by atoms with Crippen molar-refractivity contribution < 1.29 is 4.79 Å². The number of urea groups is 1. The third-order valence-corrected chi connectivity index (χ3v) is 7.96. The highest BCUT2D eigenvalue weighted by Gasteiger charge is 2.19. The van der Waals surface area contributed by atoms with E-state index in [1.54, 1.807) is 0 Å². The topological polar surface area (TPSA) is 47.6 Å². The highest BCUT2D eigenvalue weighted by Crippen LogP contribution is 2.24. The van der Waals surface area contributed by atoms with Crippen LogP contribution in [0.15, 0.2) is 97.1 Å². The Morgan fingerprint density at radius 3 is 1.93 bits per heavy atom. The van der Waals surface area contributed by atoms with Crippen LogP contribution in [0.3, 0.4) is 0 Å². The van der Waals surface area contributed by atoms with Crippen molar-refractivity contribution in [2.45, 2.75) is 66.7 Å². The first kappa shape index (κ1) is 33.2. The molecule has 4 aromatic carbocycles. The summed E-state index contributed by atoms with van der Waals surface area (Å²) < 4.78 is 0. The van der Waals surface area contributed by atoms with Crippen molar-refractivity contribution >= 4 is 16.8 Å². The predicted octanol–water partition coefficient (Wildman–Crippen LogP) is 8.41. The summed E-state index contributed by atoms with van der Waals surface area (Å²) in [6.45, 7) is 17.3. The van der Waals surface area contributed by atoms with Crippen LogP contribution in [0.2, 0.25) is 0 Å². The van der Waals surface area contributed by atoms with E-state index in [1.807, 2.05) is 11.0 Å². The van der Waals surface area contributed by atoms with E-state index in [0.717, 1.165) is 50.3 Å². The molecule has 0 aliphatic rings. The maximum atomic E-state index is 13.8. The normalized spacial score (nSPS) is 12.3. The lowest BCUT2D eigenvalue weighted by molar-refractivity contribution is 0.178. The molecule has 4 rings (SSSR count). The SMILES string of the molecule is CC(C)CN(CCCN(Cc1ccc(CNCc2ccccc2)cc1)C(=O)NC(C)c1cccc2ccccc12)CC(C)C. The van der Waals surface area contributed by atoms with Gasteiger partial charge in [-0.2, -0.15) is 0 Å². The predicted molar refractivity (Wildman–Crippen MR) is 185 cm³/mol. The van der Waals surface area contributed by atoms with Crippen molar-refractivity contribution in [1.29, 1.82) is 0 Å². The van der Waals surface area contributed by atoms with Crippen molar-refractivity contribution in [3.05, 3.63) is 119 Å². The summed E-state index contributed by atoms with van der Waals surface area (Å²) in [6, 6.07) is 33.7. The Balaban J connectivity index is 1.42. The first-order valence-electron chi connectivity index (χ1n) is 16.4. The van der Waals surface area contributed by atoms with E-state index >= 15 is 0 Å². The number of amides is 2. The molecule has 234 valence electrons. The number of rotatable bonds is 16. The number of hydrogen-bond acceptors (Lipinski definition) is 3. The van der Waals surface area contributed by atoms with Crippen LogP contribution in [0, 0.1) is 11.8 Å². The van der Waals surface area contributed by atoms with Gasteiger partial charge in [-0.15, -0.1) is 0 Å². The lowest BCUT2D eigenvalue weighted by Gasteiger charge is -2.29. The molecule has 2 amide bonds. The second kappa shape index (κ2) is 17.0. The van der Waals surface area contributed by atoms with Gasteiger partial charge in [-0.05, 0) is 64.8 Å². The Kier molecular flexibility index (Phi) is 12.8. The van der Waals surface area contributed by atoms with Crippen LogP contribution in [-0.4, -0.2) is 42.0 Å². The van der Waals surface area contributed by atoms with E-state index in [2.05, 4.69) is 141 Å². The average molecular weight is 593 g/mol. The monoisotopic (exact) mass is 592 g/mol. The summed E-state index contributed by atoms with van der Waals surface area (Å²) in [5, 5.41) is 9.24. The van der Waals surface area contributed by atoms with E-state index in [0.29, 0.717) is 24.9 Å². The molecule has 0 aliphatic carbocycles. The molecule has 5 heteroatoms. The summed E-state index contributed by atoms with van der Waals surface area (Å²) in [5.41, 5.74) is 4.81. The maximum absolute atomic E-state index is 13.8. The van der Waals surface area contributed by atoms with Gasteiger partial charge in [-0.1, -0.05) is 125 Å². The van der Waals surface area contributed by atoms with E-state index in [-0.39, 0.29) is 12.1 Å². The van der Waals surface area contributed by atoms with Gasteiger partial charge in [0, 0.05) is 39.3 Å². The fraction of sp³-hybridized carbons (Fsp3) is 0.410. The maximum Gasteiger partial charge on any atom is 0.318 e. The molecule has 1 atom stereocenters. The third-order valence-electron chi connectivity index (χ3n) is 7.96. The van der Waals surface area contributed by atoms with Crippen molar-refractivity contribution in [2.75, 3.05) is 26.2 Å². The quantitative estimate of drug-likeness (QED) is 0.137. The molecule has 0 heterocycles. The second-order valence-corrected chi connectivity index (χ2v) is 13.0. The zero-order chi connectivity index (χ0) is 31.3. The summed E-state index contributed by atoms with van der Waals surface area (Å²) in [4.78, 5) is 18.4. The molecular formula is C39H52N4O. The molecule has 1 unspecified atom stereocenters. The lowest BCUT2D eigenvalue weighted by atomic mass is 10.00. The molecule has 0 radical (unpaired) electrons. The van der Waals surface area contributed by atoms with E-state index in [4.69, 9.17) is 0 Å². The van der Waals surface area contributed by atoms with E-state index in [9.17, 15) is 4.79 Å². The van der Waals surface area contributed by atoms with Crippen LogP contribution in [0.4, 0.5) is 4.79 Å². The molecule has 0 saturated heterocycles. The third kappa shape index (κ3) is 10.5. The number of fused-ring (bicyclic) bond motifs is 1. The molecular weight excluding hydrogens is 540 g/mol. The van der Waals surface area contributed by atoms with E-state index < -0.39 is 0 Å². The largest absolute Gasteiger partial charge is 0.331 e. The molecule has 4 aromatic rings. The van der Waals surface area contributed by atoms with Gasteiger partial charge in [-0.3, -0.25) is 0 Å². The summed E-state index contributed by atoms with van der Waals surface area (Å²) in [6.07, 6.45) is 0.941. The minimum atomic E-state index is -0.104. The Hall–Kier alpha value is -3.67. The highest BCUT2D eigenvalue weighted by atomic mass is 16.2. The van der Waals surface area contributed by atoms with Crippen LogP contribution in [0.5, 0.6) is 0 Å². The van der Waals surface area contributed by atoms with Gasteiger partial charge in [0.15, 0.2) is 0 Å². The van der Waals surface area contributed by atoms with Gasteiger partial charge in [0.25, 0.3) is 0 Å². The Bertz CT molecular complexity index is 1400. The summed E-state index contributed by atoms with van der Waals surface area (Å²) >= 11 is 0. The van der Waals surface area contributed by atoms with Crippen molar-refractivity contribution in [2.24, 2.45) is 11.8 Å². The average Bonchev–Trinajstić information content (AvgIpc) is 3.01. The summed E-state index contributed by atoms with van der Waals surface area (Å²) in [5.74, 6) is 1.24. The first-order chi connectivity index (χ1) is 21.3. The van der Waals surface area contributed by atoms with Crippen LogP contribution in [-0.2, 0) is 19.6 Å². The second-order valence-electron chi connectivity index (χ2n) is 13.0. The molecule has 0 aliphatic heterocycles. The van der Waals surface area contributed by atoms with Gasteiger partial charge >= 0.3 is 6.03 Å². The van der Waals surface area contributed by atoms with Gasteiger partial charge in [0.05, 0.1) is 6.04 Å². The number of carbonyl (C=O) groups excluding carboxylic acids is 1. The molecule has 5 nitrogen and oxygen atoms in total. The number of nitrogens with zero attached hydrogens (tertiary/aromatic N) is 2. The summed E-state index contributed by atoms with van der Waals surface area (Å²) in [7, 11) is 0. The molecule has 0 aromatic heterocycles. The molecule has 0 bridgehead atoms. The van der Waals surface area contributed by atoms with Crippen molar-refractivity contribution in [3.8, 4) is 0 Å². The minimum Gasteiger partial charge on any atom is -0.331 e. The molecule has 0 saturated carbocycles. The van der Waals surface area contributed by atoms with Crippen molar-refractivity contribution in [3.63, 3.8) is 0 Å². The Morgan fingerprint density at radius 1 is 0.659 bits per heavy atom. The molecule has 0 fully saturated rings. The van der Waals surface area contributed by atoms with E-state index in [1.165, 1.54) is 21.9 Å². The van der Waals surface area contributed by atoms with Gasteiger partial charge in [0.1, 0.15) is 0 Å². The fourth-order valence-electron chi connectivity index (χ4n) is 5.94. The number of benzene rings is 4. The van der Waals surface area contributed by atoms with Crippen molar-refractivity contribution in [1.82, 2.24) is 20.4 Å². The zero-order valence-electron chi connectivity index (χ0n) is 27.4. The fourth-order valence-corrected chi connectivity index (χ4v) is 5.94. The number of carbonyl (C=O) groups is 1. The number of hydrogen-bond donors (Lipinski definition) is 2. The van der Waals surface area contributed by atoms with Gasteiger partial charge in [0.2, 0.25) is 0 Å². The van der Waals surface area contributed by atoms with Gasteiger partial charge in [-0.25, -0.2) is 4.79 Å². The van der Waals surface area contributed by atoms with Gasteiger partial charge < -0.3 is 20.4 Å². The number of nitrogens with one attached hydrogen (secondary N) is 2. The zero-order valence-corrected chi connectivity index (χ0v) is 27.4. The molecule has 0 spiro atoms. The first-order valence-corrected chi connectivity index (χ1v) is 16.4. The van der Waals surface area contributed by atoms with Crippen LogP contribution in [0.25, 0.3) is 10.8 Å². The standard InChI is InChI=1S/C39H52N4O/c1-30(2)27-42(28-31(3)4)23-12-24-43(39(44)41-32(5)37-18-11-16-36-15-9-10-17-38(36)37)29-35-21-19-34(20-22-35)26-40-25-33-13-7-6-8-14-33/h6-11,13-22,30-32,40H,12,23-29H2,1-5H3,(H,41,44). The Morgan fingerprint density at radius 2 is 1.25 bits per heavy atom. The van der Waals surface area contributed by atoms with Crippen LogP contribution < -0.4 is 10.6 Å². The minimum absolute atomic E-state index is 0.0155. The smallest absolute Gasteiger partial charge is 0.318 e. The molecule has 2 N–H and O–H groups in total. The van der Waals surface area contributed by atoms with Crippen LogP contribution >= 0.6 is 0 Å². The highest BCUT2D eigenvalue weighted by molar-refractivity contribution is 5.86.